The molecule has 2 heterocycles. The Bertz CT molecular complexity index is 682. The molecule has 1 saturated carbocycles. The van der Waals surface area contributed by atoms with E-state index in [0.29, 0.717) is 18.0 Å². The van der Waals surface area contributed by atoms with Crippen LogP contribution < -0.4 is 0 Å². The Kier molecular flexibility index (Phi) is 5.21. The van der Waals surface area contributed by atoms with Crippen molar-refractivity contribution in [2.75, 3.05) is 46.3 Å². The summed E-state index contributed by atoms with van der Waals surface area (Å²) >= 11 is 0. The van der Waals surface area contributed by atoms with E-state index >= 15 is 0 Å². The Morgan fingerprint density at radius 1 is 1.04 bits per heavy atom. The largest absolute Gasteiger partial charge is 0.341 e. The summed E-state index contributed by atoms with van der Waals surface area (Å²) in [5.41, 5.74) is 0.861. The Labute approximate surface area is 160 Å². The molecule has 0 N–H and O–H groups in total. The third-order valence-corrected chi connectivity index (χ3v) is 6.70. The summed E-state index contributed by atoms with van der Waals surface area (Å²) in [6.45, 7) is 6.11. The summed E-state index contributed by atoms with van der Waals surface area (Å²) in [4.78, 5) is 19.6. The number of rotatable bonds is 3. The number of benzene rings is 1. The van der Waals surface area contributed by atoms with E-state index in [1.54, 1.807) is 0 Å². The van der Waals surface area contributed by atoms with Gasteiger partial charge in [0.1, 0.15) is 11.6 Å². The Morgan fingerprint density at radius 2 is 1.74 bits per heavy atom. The fourth-order valence-electron chi connectivity index (χ4n) is 4.85. The number of nitrogens with zero attached hydrogens (tertiary/aromatic N) is 3. The minimum absolute atomic E-state index is 0.180. The zero-order valence-electron chi connectivity index (χ0n) is 16.1. The number of carbonyl (C=O) groups excluding carboxylic acids is 1. The lowest BCUT2D eigenvalue weighted by Crippen LogP contribution is -2.39. The molecule has 0 radical (unpaired) electrons. The zero-order chi connectivity index (χ0) is 19.0. The highest BCUT2D eigenvalue weighted by molar-refractivity contribution is 5.82. The van der Waals surface area contributed by atoms with Crippen molar-refractivity contribution in [2.45, 2.75) is 32.2 Å². The van der Waals surface area contributed by atoms with Gasteiger partial charge in [0.15, 0.2) is 0 Å². The van der Waals surface area contributed by atoms with Gasteiger partial charge in [0.25, 0.3) is 0 Å². The van der Waals surface area contributed by atoms with Gasteiger partial charge in [0.05, 0.1) is 0 Å². The molecule has 0 bridgehead atoms. The van der Waals surface area contributed by atoms with Crippen LogP contribution in [-0.2, 0) is 11.3 Å². The van der Waals surface area contributed by atoms with Crippen molar-refractivity contribution in [1.29, 1.82) is 0 Å². The van der Waals surface area contributed by atoms with Crippen LogP contribution in [0.5, 0.6) is 0 Å². The minimum atomic E-state index is -0.519. The van der Waals surface area contributed by atoms with Crippen LogP contribution in [0.4, 0.5) is 8.78 Å². The Morgan fingerprint density at radius 3 is 2.44 bits per heavy atom. The van der Waals surface area contributed by atoms with Gasteiger partial charge in [-0.2, -0.15) is 0 Å². The second-order valence-electron chi connectivity index (χ2n) is 8.66. The summed E-state index contributed by atoms with van der Waals surface area (Å²) in [5.74, 6) is -0.496. The monoisotopic (exact) mass is 377 g/mol. The summed E-state index contributed by atoms with van der Waals surface area (Å²) in [6, 6.07) is 3.73. The number of hydrogen-bond donors (Lipinski definition) is 0. The molecule has 3 fully saturated rings. The number of likely N-dealkylation sites (N-methyl/N-ethyl adjacent to an activating group) is 1. The highest BCUT2D eigenvalue weighted by Gasteiger charge is 2.59. The number of piperidine rings is 1. The van der Waals surface area contributed by atoms with E-state index in [1.165, 1.54) is 12.1 Å². The molecule has 6 heteroatoms. The number of hydrogen-bond acceptors (Lipinski definition) is 3. The normalized spacial score (nSPS) is 26.2. The topological polar surface area (TPSA) is 26.8 Å². The van der Waals surface area contributed by atoms with Gasteiger partial charge >= 0.3 is 0 Å². The molecule has 148 valence electrons. The van der Waals surface area contributed by atoms with E-state index in [0.717, 1.165) is 71.0 Å². The maximum absolute atomic E-state index is 13.4. The fraction of sp³-hybridized carbons (Fsp3) is 0.667. The molecule has 1 amide bonds. The average molecular weight is 377 g/mol. The van der Waals surface area contributed by atoms with Crippen molar-refractivity contribution in [3.05, 3.63) is 35.4 Å². The fourth-order valence-corrected chi connectivity index (χ4v) is 4.85. The van der Waals surface area contributed by atoms with E-state index in [1.807, 2.05) is 0 Å². The molecular formula is C21H29F2N3O. The summed E-state index contributed by atoms with van der Waals surface area (Å²) in [5, 5.41) is 0. The summed E-state index contributed by atoms with van der Waals surface area (Å²) in [7, 11) is 2.12. The van der Waals surface area contributed by atoms with Crippen LogP contribution in [0.15, 0.2) is 18.2 Å². The van der Waals surface area contributed by atoms with Crippen molar-refractivity contribution in [1.82, 2.24) is 14.7 Å². The van der Waals surface area contributed by atoms with Crippen molar-refractivity contribution in [3.63, 3.8) is 0 Å². The molecule has 1 unspecified atom stereocenters. The van der Waals surface area contributed by atoms with E-state index < -0.39 is 11.6 Å². The van der Waals surface area contributed by atoms with Crippen LogP contribution >= 0.6 is 0 Å². The first kappa shape index (κ1) is 18.8. The van der Waals surface area contributed by atoms with Crippen LogP contribution in [0.25, 0.3) is 0 Å². The van der Waals surface area contributed by atoms with E-state index in [9.17, 15) is 13.6 Å². The molecule has 4 rings (SSSR count). The molecule has 2 saturated heterocycles. The van der Waals surface area contributed by atoms with Crippen LogP contribution in [-0.4, -0.2) is 66.9 Å². The maximum atomic E-state index is 13.4. The number of likely N-dealkylation sites (tertiary alicyclic amines) is 1. The third-order valence-electron chi connectivity index (χ3n) is 6.70. The molecular weight excluding hydrogens is 348 g/mol. The first-order valence-electron chi connectivity index (χ1n) is 10.1. The molecule has 1 aromatic rings. The van der Waals surface area contributed by atoms with Crippen LogP contribution in [0, 0.1) is 23.0 Å². The smallest absolute Gasteiger partial charge is 0.226 e. The van der Waals surface area contributed by atoms with Gasteiger partial charge in [0, 0.05) is 38.2 Å². The number of amides is 1. The predicted molar refractivity (Wildman–Crippen MR) is 100 cm³/mol. The van der Waals surface area contributed by atoms with Crippen molar-refractivity contribution in [2.24, 2.45) is 11.3 Å². The molecule has 1 atom stereocenters. The molecule has 2 aliphatic heterocycles. The lowest BCUT2D eigenvalue weighted by Gasteiger charge is -2.33. The second-order valence-corrected chi connectivity index (χ2v) is 8.66. The number of halogens is 2. The zero-order valence-corrected chi connectivity index (χ0v) is 16.1. The van der Waals surface area contributed by atoms with Gasteiger partial charge < -0.3 is 9.80 Å². The van der Waals surface area contributed by atoms with E-state index in [4.69, 9.17) is 0 Å². The summed E-state index contributed by atoms with van der Waals surface area (Å²) in [6.07, 6.45) is 4.09. The van der Waals surface area contributed by atoms with Crippen LogP contribution in [0.2, 0.25) is 0 Å². The van der Waals surface area contributed by atoms with Gasteiger partial charge in [-0.3, -0.25) is 9.69 Å². The standard InChI is InChI=1S/C21H29F2N3O/c1-24-5-2-6-26(10-9-24)20(27)19-14-21(19)3-7-25(8-4-21)15-16-11-17(22)13-18(23)12-16/h11-13,19H,2-10,14-15H2,1H3. The van der Waals surface area contributed by atoms with Crippen molar-refractivity contribution >= 4 is 5.91 Å². The lowest BCUT2D eigenvalue weighted by atomic mass is 9.90. The second kappa shape index (κ2) is 7.47. The third kappa shape index (κ3) is 4.16. The minimum Gasteiger partial charge on any atom is -0.341 e. The number of carbonyl (C=O) groups is 1. The molecule has 1 aromatic carbocycles. The lowest BCUT2D eigenvalue weighted by molar-refractivity contribution is -0.133. The van der Waals surface area contributed by atoms with Crippen molar-refractivity contribution < 1.29 is 13.6 Å². The maximum Gasteiger partial charge on any atom is 0.226 e. The van der Waals surface area contributed by atoms with Gasteiger partial charge in [-0.05, 0) is 75.5 Å². The van der Waals surface area contributed by atoms with Crippen molar-refractivity contribution in [3.8, 4) is 0 Å². The van der Waals surface area contributed by atoms with Gasteiger partial charge in [0.2, 0.25) is 5.91 Å². The van der Waals surface area contributed by atoms with E-state index in [-0.39, 0.29) is 11.3 Å². The molecule has 3 aliphatic rings. The van der Waals surface area contributed by atoms with E-state index in [2.05, 4.69) is 21.7 Å². The van der Waals surface area contributed by atoms with Gasteiger partial charge in [-0.25, -0.2) is 8.78 Å². The molecule has 4 nitrogen and oxygen atoms in total. The molecule has 27 heavy (non-hydrogen) atoms. The highest BCUT2D eigenvalue weighted by Crippen LogP contribution is 2.60. The predicted octanol–water partition coefficient (Wildman–Crippen LogP) is 2.73. The van der Waals surface area contributed by atoms with Crippen LogP contribution in [0.3, 0.4) is 0 Å². The van der Waals surface area contributed by atoms with Gasteiger partial charge in [-0.15, -0.1) is 0 Å². The Balaban J connectivity index is 1.30. The molecule has 0 aromatic heterocycles. The molecule has 1 aliphatic carbocycles. The summed E-state index contributed by atoms with van der Waals surface area (Å²) < 4.78 is 26.8. The highest BCUT2D eigenvalue weighted by atomic mass is 19.1. The Hall–Kier alpha value is -1.53. The van der Waals surface area contributed by atoms with Gasteiger partial charge in [-0.1, -0.05) is 0 Å². The first-order chi connectivity index (χ1) is 12.9. The average Bonchev–Trinajstić information content (AvgIpc) is 3.36. The van der Waals surface area contributed by atoms with Crippen LogP contribution in [0.1, 0.15) is 31.2 Å². The quantitative estimate of drug-likeness (QED) is 0.810. The SMILES string of the molecule is CN1CCCN(C(=O)C2CC23CCN(Cc2cc(F)cc(F)c2)CC3)CC1. The molecule has 1 spiro atoms. The first-order valence-corrected chi connectivity index (χ1v) is 10.1.